The monoisotopic (exact) mass is 363 g/mol. The van der Waals surface area contributed by atoms with Gasteiger partial charge in [-0.2, -0.15) is 0 Å². The van der Waals surface area contributed by atoms with Crippen LogP contribution in [0.25, 0.3) is 11.0 Å². The number of carbonyl (C=O) groups is 1. The highest BCUT2D eigenvalue weighted by Gasteiger charge is 2.26. The predicted molar refractivity (Wildman–Crippen MR) is 104 cm³/mol. The zero-order valence-electron chi connectivity index (χ0n) is 15.1. The van der Waals surface area contributed by atoms with E-state index in [0.717, 1.165) is 19.4 Å². The molecule has 1 amide bonds. The number of nitrogens with one attached hydrogen (secondary N) is 2. The van der Waals surface area contributed by atoms with Crippen molar-refractivity contribution >= 4 is 16.9 Å². The Kier molecular flexibility index (Phi) is 4.39. The van der Waals surface area contributed by atoms with E-state index < -0.39 is 11.1 Å². The fourth-order valence-electron chi connectivity index (χ4n) is 3.89. The summed E-state index contributed by atoms with van der Waals surface area (Å²) in [4.78, 5) is 42.9. The molecule has 6 heteroatoms. The van der Waals surface area contributed by atoms with Crippen LogP contribution < -0.4 is 11.1 Å². The standard InChI is InChI=1S/C21H21N3O3/c1-13-5-2-3-7-16(13)15-6-4-10-24(12-15)21(27)14-8-9-17-18(11-14)23-20(26)19(25)22-17/h2-3,5,7-9,11,15H,4,6,10,12H2,1H3,(H,22,25)(H,23,26)/t15-/m1/s1. The molecule has 2 N–H and O–H groups in total. The summed E-state index contributed by atoms with van der Waals surface area (Å²) < 4.78 is 0. The lowest BCUT2D eigenvalue weighted by molar-refractivity contribution is 0.0707. The molecule has 1 atom stereocenters. The van der Waals surface area contributed by atoms with Crippen molar-refractivity contribution in [3.05, 3.63) is 79.9 Å². The number of aromatic nitrogens is 2. The number of hydrogen-bond donors (Lipinski definition) is 2. The Hall–Kier alpha value is -3.15. The van der Waals surface area contributed by atoms with Gasteiger partial charge in [0.15, 0.2) is 0 Å². The van der Waals surface area contributed by atoms with Crippen LogP contribution in [0.2, 0.25) is 0 Å². The smallest absolute Gasteiger partial charge is 0.314 e. The molecule has 1 aromatic heterocycles. The first-order valence-corrected chi connectivity index (χ1v) is 9.14. The number of piperidine rings is 1. The highest BCUT2D eigenvalue weighted by Crippen LogP contribution is 2.29. The maximum absolute atomic E-state index is 13.0. The molecule has 1 saturated heterocycles. The van der Waals surface area contributed by atoms with E-state index >= 15 is 0 Å². The van der Waals surface area contributed by atoms with Crippen molar-refractivity contribution in [2.75, 3.05) is 13.1 Å². The number of rotatable bonds is 2. The third kappa shape index (κ3) is 3.30. The summed E-state index contributed by atoms with van der Waals surface area (Å²) >= 11 is 0. The van der Waals surface area contributed by atoms with Crippen molar-refractivity contribution in [1.82, 2.24) is 14.9 Å². The molecule has 1 aliphatic heterocycles. The molecule has 0 saturated carbocycles. The van der Waals surface area contributed by atoms with E-state index in [1.54, 1.807) is 18.2 Å². The molecule has 0 radical (unpaired) electrons. The van der Waals surface area contributed by atoms with Crippen LogP contribution in [0.4, 0.5) is 0 Å². The van der Waals surface area contributed by atoms with E-state index in [1.165, 1.54) is 11.1 Å². The van der Waals surface area contributed by atoms with Gasteiger partial charge in [0.2, 0.25) is 0 Å². The van der Waals surface area contributed by atoms with Gasteiger partial charge in [-0.05, 0) is 49.1 Å². The molecule has 0 aliphatic carbocycles. The molecule has 0 bridgehead atoms. The third-order valence-corrected chi connectivity index (χ3v) is 5.31. The van der Waals surface area contributed by atoms with Crippen molar-refractivity contribution in [2.45, 2.75) is 25.7 Å². The normalized spacial score (nSPS) is 17.2. The summed E-state index contributed by atoms with van der Waals surface area (Å²) in [5.41, 5.74) is 2.61. The largest absolute Gasteiger partial charge is 0.338 e. The Morgan fingerprint density at radius 2 is 1.78 bits per heavy atom. The molecule has 1 aliphatic rings. The van der Waals surface area contributed by atoms with Gasteiger partial charge in [-0.25, -0.2) is 0 Å². The van der Waals surface area contributed by atoms with E-state index in [-0.39, 0.29) is 5.91 Å². The third-order valence-electron chi connectivity index (χ3n) is 5.31. The first kappa shape index (κ1) is 17.3. The van der Waals surface area contributed by atoms with Crippen LogP contribution in [0.15, 0.2) is 52.1 Å². The van der Waals surface area contributed by atoms with Gasteiger partial charge in [0, 0.05) is 24.6 Å². The summed E-state index contributed by atoms with van der Waals surface area (Å²) in [6.07, 6.45) is 2.03. The maximum Gasteiger partial charge on any atom is 0.314 e. The summed E-state index contributed by atoms with van der Waals surface area (Å²) in [7, 11) is 0. The minimum atomic E-state index is -0.718. The van der Waals surface area contributed by atoms with E-state index in [4.69, 9.17) is 0 Å². The molecule has 0 unspecified atom stereocenters. The van der Waals surface area contributed by atoms with Gasteiger partial charge in [0.25, 0.3) is 5.91 Å². The Balaban J connectivity index is 1.61. The number of H-pyrrole nitrogens is 2. The molecule has 3 aromatic rings. The Labute approximate surface area is 155 Å². The molecule has 2 aromatic carbocycles. The molecule has 138 valence electrons. The number of nitrogens with zero attached hydrogens (tertiary/aromatic N) is 1. The second-order valence-electron chi connectivity index (χ2n) is 7.12. The van der Waals surface area contributed by atoms with Gasteiger partial charge in [-0.15, -0.1) is 0 Å². The van der Waals surface area contributed by atoms with Crippen LogP contribution >= 0.6 is 0 Å². The molecule has 2 heterocycles. The molecular weight excluding hydrogens is 342 g/mol. The number of fused-ring (bicyclic) bond motifs is 1. The SMILES string of the molecule is Cc1ccccc1[C@@H]1CCCN(C(=O)c2ccc3[nH]c(=O)c(=O)[nH]c3c2)C1. The Morgan fingerprint density at radius 1 is 1.04 bits per heavy atom. The van der Waals surface area contributed by atoms with E-state index in [2.05, 4.69) is 29.0 Å². The van der Waals surface area contributed by atoms with Crippen molar-refractivity contribution in [3.8, 4) is 0 Å². The Bertz CT molecular complexity index is 1130. The number of benzene rings is 2. The second-order valence-corrected chi connectivity index (χ2v) is 7.12. The first-order chi connectivity index (χ1) is 13.0. The topological polar surface area (TPSA) is 86.0 Å². The van der Waals surface area contributed by atoms with Gasteiger partial charge in [-0.3, -0.25) is 14.4 Å². The number of carbonyl (C=O) groups excluding carboxylic acids is 1. The van der Waals surface area contributed by atoms with E-state index in [9.17, 15) is 14.4 Å². The summed E-state index contributed by atoms with van der Waals surface area (Å²) in [6.45, 7) is 3.52. The average Bonchev–Trinajstić information content (AvgIpc) is 2.68. The van der Waals surface area contributed by atoms with Gasteiger partial charge in [0.05, 0.1) is 11.0 Å². The van der Waals surface area contributed by atoms with Gasteiger partial charge >= 0.3 is 11.1 Å². The molecule has 1 fully saturated rings. The summed E-state index contributed by atoms with van der Waals surface area (Å²) in [5, 5.41) is 0. The average molecular weight is 363 g/mol. The zero-order valence-corrected chi connectivity index (χ0v) is 15.1. The lowest BCUT2D eigenvalue weighted by atomic mass is 9.88. The summed E-state index contributed by atoms with van der Waals surface area (Å²) in [6, 6.07) is 13.3. The number of amides is 1. The fourth-order valence-corrected chi connectivity index (χ4v) is 3.89. The van der Waals surface area contributed by atoms with Crippen LogP contribution in [0, 0.1) is 6.92 Å². The lowest BCUT2D eigenvalue weighted by Gasteiger charge is -2.33. The van der Waals surface area contributed by atoms with Crippen LogP contribution in [0.5, 0.6) is 0 Å². The van der Waals surface area contributed by atoms with Crippen molar-refractivity contribution in [2.24, 2.45) is 0 Å². The van der Waals surface area contributed by atoms with Crippen LogP contribution in [0.3, 0.4) is 0 Å². The maximum atomic E-state index is 13.0. The summed E-state index contributed by atoms with van der Waals surface area (Å²) in [5.74, 6) is 0.280. The number of aromatic amines is 2. The molecule has 27 heavy (non-hydrogen) atoms. The quantitative estimate of drug-likeness (QED) is 0.686. The van der Waals surface area contributed by atoms with Crippen molar-refractivity contribution < 1.29 is 4.79 Å². The second kappa shape index (κ2) is 6.87. The predicted octanol–water partition coefficient (Wildman–Crippen LogP) is 2.54. The van der Waals surface area contributed by atoms with Crippen LogP contribution in [-0.2, 0) is 0 Å². The molecule has 6 nitrogen and oxygen atoms in total. The van der Waals surface area contributed by atoms with Gasteiger partial charge in [-0.1, -0.05) is 24.3 Å². The minimum Gasteiger partial charge on any atom is -0.338 e. The number of likely N-dealkylation sites (tertiary alicyclic amines) is 1. The van der Waals surface area contributed by atoms with Crippen LogP contribution in [-0.4, -0.2) is 33.9 Å². The lowest BCUT2D eigenvalue weighted by Crippen LogP contribution is -2.39. The minimum absolute atomic E-state index is 0.0535. The van der Waals surface area contributed by atoms with Crippen LogP contribution in [0.1, 0.15) is 40.2 Å². The van der Waals surface area contributed by atoms with Gasteiger partial charge in [0.1, 0.15) is 0 Å². The first-order valence-electron chi connectivity index (χ1n) is 9.14. The zero-order chi connectivity index (χ0) is 19.0. The van der Waals surface area contributed by atoms with E-state index in [1.807, 2.05) is 17.0 Å². The molecule has 0 spiro atoms. The van der Waals surface area contributed by atoms with Crippen molar-refractivity contribution in [3.63, 3.8) is 0 Å². The molecule has 4 rings (SSSR count). The Morgan fingerprint density at radius 3 is 2.56 bits per heavy atom. The highest BCUT2D eigenvalue weighted by molar-refractivity contribution is 5.97. The van der Waals surface area contributed by atoms with Crippen molar-refractivity contribution in [1.29, 1.82) is 0 Å². The highest BCUT2D eigenvalue weighted by atomic mass is 16.2. The van der Waals surface area contributed by atoms with Gasteiger partial charge < -0.3 is 14.9 Å². The number of hydrogen-bond acceptors (Lipinski definition) is 3. The fraction of sp³-hybridized carbons (Fsp3) is 0.286. The van der Waals surface area contributed by atoms with E-state index in [0.29, 0.717) is 29.1 Å². The molecular formula is C21H21N3O3. The number of aryl methyl sites for hydroxylation is 1.